The normalized spacial score (nSPS) is 13.1. The smallest absolute Gasteiger partial charge is 0.255 e. The van der Waals surface area contributed by atoms with Crippen molar-refractivity contribution in [3.63, 3.8) is 0 Å². The average Bonchev–Trinajstić information content (AvgIpc) is 3.59. The number of nitrogens with zero attached hydrogens (tertiary/aromatic N) is 6. The van der Waals surface area contributed by atoms with Crippen molar-refractivity contribution in [1.82, 2.24) is 34.7 Å². The zero-order valence-corrected chi connectivity index (χ0v) is 23.6. The molecule has 11 heteroatoms. The summed E-state index contributed by atoms with van der Waals surface area (Å²) in [6.45, 7) is 13.7. The van der Waals surface area contributed by atoms with Gasteiger partial charge in [0.1, 0.15) is 22.9 Å². The first-order valence-electron chi connectivity index (χ1n) is 13.7. The van der Waals surface area contributed by atoms with Crippen LogP contribution in [0.2, 0.25) is 0 Å². The molecule has 0 unspecified atom stereocenters. The van der Waals surface area contributed by atoms with Crippen LogP contribution in [0.25, 0.3) is 22.3 Å². The van der Waals surface area contributed by atoms with Crippen LogP contribution < -0.4 is 10.6 Å². The highest BCUT2D eigenvalue weighted by atomic mass is 19.1. The standard InChI is InChI=1S/C25H25F2N7O.C4H11N/c1-14(2)34-15(3)30-23-18(26)10-17(11-20(23)34)22-19(27)13-29-25(32-22)31-21-7-6-16(12-28-21)24(35)33-8-4-5-9-33;1-3-5-4-2/h6-7,10-14H,4-5,8-9H2,1-3H3,(H,28,29,31,32);5H,3-4H2,1-2H3. The third-order valence-electron chi connectivity index (χ3n) is 6.60. The highest BCUT2D eigenvalue weighted by molar-refractivity contribution is 5.94. The minimum Gasteiger partial charge on any atom is -0.339 e. The van der Waals surface area contributed by atoms with Gasteiger partial charge < -0.3 is 20.1 Å². The van der Waals surface area contributed by atoms with Gasteiger partial charge in [-0.2, -0.15) is 0 Å². The number of hydrogen-bond donors (Lipinski definition) is 2. The lowest BCUT2D eigenvalue weighted by Gasteiger charge is -2.15. The maximum Gasteiger partial charge on any atom is 0.255 e. The van der Waals surface area contributed by atoms with Gasteiger partial charge in [0.05, 0.1) is 17.3 Å². The molecule has 1 aromatic carbocycles. The number of hydrogen-bond acceptors (Lipinski definition) is 7. The van der Waals surface area contributed by atoms with E-state index in [1.54, 1.807) is 18.2 Å². The number of amides is 1. The number of benzene rings is 1. The lowest BCUT2D eigenvalue weighted by atomic mass is 10.1. The topological polar surface area (TPSA) is 101 Å². The highest BCUT2D eigenvalue weighted by Gasteiger charge is 2.20. The Bertz CT molecular complexity index is 1460. The van der Waals surface area contributed by atoms with Gasteiger partial charge in [-0.3, -0.25) is 4.79 Å². The number of nitrogens with one attached hydrogen (secondary N) is 2. The Balaban J connectivity index is 0.000000681. The molecule has 212 valence electrons. The van der Waals surface area contributed by atoms with Crippen LogP contribution >= 0.6 is 0 Å². The number of aryl methyl sites for hydroxylation is 1. The molecular formula is C29H36F2N8O. The van der Waals surface area contributed by atoms with Crippen molar-refractivity contribution in [1.29, 1.82) is 0 Å². The Morgan fingerprint density at radius 3 is 2.33 bits per heavy atom. The van der Waals surface area contributed by atoms with Crippen LogP contribution in [0.5, 0.6) is 0 Å². The van der Waals surface area contributed by atoms with E-state index in [-0.39, 0.29) is 34.7 Å². The van der Waals surface area contributed by atoms with Gasteiger partial charge >= 0.3 is 0 Å². The van der Waals surface area contributed by atoms with Gasteiger partial charge in [-0.1, -0.05) is 13.8 Å². The molecule has 1 saturated heterocycles. The van der Waals surface area contributed by atoms with Crippen LogP contribution in [0.1, 0.15) is 62.8 Å². The van der Waals surface area contributed by atoms with E-state index in [0.29, 0.717) is 22.7 Å². The van der Waals surface area contributed by atoms with Gasteiger partial charge in [0.15, 0.2) is 11.6 Å². The summed E-state index contributed by atoms with van der Waals surface area (Å²) in [4.78, 5) is 31.2. The molecule has 0 saturated carbocycles. The molecule has 1 amide bonds. The lowest BCUT2D eigenvalue weighted by Crippen LogP contribution is -2.27. The zero-order chi connectivity index (χ0) is 28.8. The number of rotatable bonds is 7. The second kappa shape index (κ2) is 12.9. The molecule has 0 radical (unpaired) electrons. The monoisotopic (exact) mass is 550 g/mol. The Morgan fingerprint density at radius 2 is 1.73 bits per heavy atom. The maximum absolute atomic E-state index is 14.9. The minimum atomic E-state index is -0.679. The molecule has 2 N–H and O–H groups in total. The summed E-state index contributed by atoms with van der Waals surface area (Å²) < 4.78 is 31.5. The molecule has 0 aliphatic carbocycles. The van der Waals surface area contributed by atoms with Gasteiger partial charge in [0.2, 0.25) is 5.95 Å². The van der Waals surface area contributed by atoms with Crippen LogP contribution in [0.4, 0.5) is 20.5 Å². The predicted molar refractivity (Wildman–Crippen MR) is 153 cm³/mol. The fraction of sp³-hybridized carbons (Fsp3) is 0.414. The Hall–Kier alpha value is -3.99. The number of pyridine rings is 1. The van der Waals surface area contributed by atoms with E-state index in [1.165, 1.54) is 12.3 Å². The zero-order valence-electron chi connectivity index (χ0n) is 23.6. The van der Waals surface area contributed by atoms with E-state index < -0.39 is 11.6 Å². The molecular weight excluding hydrogens is 514 g/mol. The largest absolute Gasteiger partial charge is 0.339 e. The van der Waals surface area contributed by atoms with E-state index in [9.17, 15) is 13.6 Å². The van der Waals surface area contributed by atoms with E-state index in [1.807, 2.05) is 30.2 Å². The molecule has 0 atom stereocenters. The van der Waals surface area contributed by atoms with Gasteiger partial charge in [0, 0.05) is 30.9 Å². The number of carbonyl (C=O) groups excluding carboxylic acids is 1. The molecule has 3 aromatic heterocycles. The van der Waals surface area contributed by atoms with Crippen molar-refractivity contribution in [2.45, 2.75) is 53.5 Å². The molecule has 1 aliphatic heterocycles. The number of aromatic nitrogens is 5. The lowest BCUT2D eigenvalue weighted by molar-refractivity contribution is 0.0792. The first kappa shape index (κ1) is 29.0. The van der Waals surface area contributed by atoms with E-state index in [0.717, 1.165) is 45.2 Å². The van der Waals surface area contributed by atoms with Crippen LogP contribution in [-0.2, 0) is 0 Å². The number of carbonyl (C=O) groups is 1. The quantitative estimate of drug-likeness (QED) is 0.307. The number of anilines is 2. The van der Waals surface area contributed by atoms with E-state index >= 15 is 0 Å². The summed E-state index contributed by atoms with van der Waals surface area (Å²) in [6, 6.07) is 6.29. The Morgan fingerprint density at radius 1 is 1.00 bits per heavy atom. The number of imidazole rings is 1. The molecule has 40 heavy (non-hydrogen) atoms. The van der Waals surface area contributed by atoms with Crippen molar-refractivity contribution < 1.29 is 13.6 Å². The fourth-order valence-corrected chi connectivity index (χ4v) is 4.75. The van der Waals surface area contributed by atoms with Gasteiger partial charge in [-0.25, -0.2) is 28.7 Å². The Labute approximate surface area is 233 Å². The van der Waals surface area contributed by atoms with E-state index in [2.05, 4.69) is 44.4 Å². The van der Waals surface area contributed by atoms with Crippen LogP contribution in [0.3, 0.4) is 0 Å². The molecule has 1 fully saturated rings. The summed E-state index contributed by atoms with van der Waals surface area (Å²) in [7, 11) is 0. The van der Waals surface area contributed by atoms with Crippen molar-refractivity contribution in [2.24, 2.45) is 0 Å². The van der Waals surface area contributed by atoms with Crippen LogP contribution in [0, 0.1) is 18.6 Å². The van der Waals surface area contributed by atoms with Gasteiger partial charge in [-0.05, 0) is 71.0 Å². The van der Waals surface area contributed by atoms with Crippen molar-refractivity contribution >= 4 is 28.7 Å². The first-order valence-corrected chi connectivity index (χ1v) is 13.7. The average molecular weight is 551 g/mol. The summed E-state index contributed by atoms with van der Waals surface area (Å²) in [5.74, 6) is -0.102. The van der Waals surface area contributed by atoms with E-state index in [4.69, 9.17) is 0 Å². The first-order chi connectivity index (χ1) is 19.2. The van der Waals surface area contributed by atoms with Gasteiger partial charge in [-0.15, -0.1) is 0 Å². The molecule has 4 aromatic rings. The van der Waals surface area contributed by atoms with Crippen molar-refractivity contribution in [3.8, 4) is 11.3 Å². The highest BCUT2D eigenvalue weighted by Crippen LogP contribution is 2.30. The molecule has 5 rings (SSSR count). The number of halogens is 2. The second-order valence-electron chi connectivity index (χ2n) is 9.85. The third-order valence-corrected chi connectivity index (χ3v) is 6.60. The molecule has 0 bridgehead atoms. The SMILES string of the molecule is CCNCC.Cc1nc2c(F)cc(-c3nc(Nc4ccc(C(=O)N5CCCC5)cn4)ncc3F)cc2n1C(C)C. The van der Waals surface area contributed by atoms with Crippen LogP contribution in [0.15, 0.2) is 36.7 Å². The summed E-state index contributed by atoms with van der Waals surface area (Å²) in [6.07, 6.45) is 4.55. The maximum atomic E-state index is 14.9. The predicted octanol–water partition coefficient (Wildman–Crippen LogP) is 5.65. The van der Waals surface area contributed by atoms with Crippen molar-refractivity contribution in [2.75, 3.05) is 31.5 Å². The molecule has 4 heterocycles. The summed E-state index contributed by atoms with van der Waals surface area (Å²) in [5.41, 5.74) is 1.54. The van der Waals surface area contributed by atoms with Gasteiger partial charge in [0.25, 0.3) is 5.91 Å². The number of likely N-dealkylation sites (tertiary alicyclic amines) is 1. The molecule has 9 nitrogen and oxygen atoms in total. The molecule has 1 aliphatic rings. The van der Waals surface area contributed by atoms with Crippen LogP contribution in [-0.4, -0.2) is 61.5 Å². The Kier molecular flexibility index (Phi) is 9.36. The summed E-state index contributed by atoms with van der Waals surface area (Å²) >= 11 is 0. The minimum absolute atomic E-state index is 0.0432. The second-order valence-corrected chi connectivity index (χ2v) is 9.85. The molecule has 0 spiro atoms. The fourth-order valence-electron chi connectivity index (χ4n) is 4.75. The third kappa shape index (κ3) is 6.41. The summed E-state index contributed by atoms with van der Waals surface area (Å²) in [5, 5.41) is 6.04. The van der Waals surface area contributed by atoms with Crippen molar-refractivity contribution in [3.05, 3.63) is 59.7 Å². The number of fused-ring (bicyclic) bond motifs is 1.